The van der Waals surface area contributed by atoms with Gasteiger partial charge in [0.05, 0.1) is 18.2 Å². The van der Waals surface area contributed by atoms with Gasteiger partial charge in [0.2, 0.25) is 0 Å². The molecule has 2 aromatic rings. The molecule has 4 heteroatoms. The largest absolute Gasteiger partial charge is 0.496 e. The Bertz CT molecular complexity index is 632. The first-order valence-corrected chi connectivity index (χ1v) is 6.08. The Labute approximate surface area is 116 Å². The molecule has 0 aliphatic carbocycles. The summed E-state index contributed by atoms with van der Waals surface area (Å²) in [4.78, 5) is 23.8. The third kappa shape index (κ3) is 2.85. The van der Waals surface area contributed by atoms with E-state index in [-0.39, 0.29) is 0 Å². The lowest BCUT2D eigenvalue weighted by Crippen LogP contribution is -2.14. The first kappa shape index (κ1) is 13.8. The number of hydrogen-bond donors (Lipinski definition) is 0. The monoisotopic (exact) mass is 270 g/mol. The van der Waals surface area contributed by atoms with Crippen LogP contribution in [0.1, 0.15) is 26.3 Å². The van der Waals surface area contributed by atoms with Crippen molar-refractivity contribution in [2.75, 3.05) is 7.11 Å². The number of esters is 2. The van der Waals surface area contributed by atoms with Gasteiger partial charge in [0.15, 0.2) is 0 Å². The van der Waals surface area contributed by atoms with Gasteiger partial charge in [-0.3, -0.25) is 0 Å². The maximum absolute atomic E-state index is 12.0. The molecule has 0 heterocycles. The van der Waals surface area contributed by atoms with Gasteiger partial charge in [-0.05, 0) is 31.2 Å². The molecule has 0 radical (unpaired) electrons. The standard InChI is InChI=1S/C16H14O4/c1-11-13(9-6-10-14(11)19-2)16(18)20-15(17)12-7-4-3-5-8-12/h3-10H,1-2H3. The van der Waals surface area contributed by atoms with Gasteiger partial charge in [-0.25, -0.2) is 9.59 Å². The zero-order chi connectivity index (χ0) is 14.5. The average Bonchev–Trinajstić information content (AvgIpc) is 2.48. The highest BCUT2D eigenvalue weighted by atomic mass is 16.6. The minimum Gasteiger partial charge on any atom is -0.496 e. The van der Waals surface area contributed by atoms with Crippen molar-refractivity contribution < 1.29 is 19.1 Å². The minimum atomic E-state index is -0.685. The molecular formula is C16H14O4. The van der Waals surface area contributed by atoms with Crippen LogP contribution in [0.5, 0.6) is 5.75 Å². The van der Waals surface area contributed by atoms with E-state index in [1.807, 2.05) is 0 Å². The molecule has 0 bridgehead atoms. The molecule has 0 aliphatic heterocycles. The van der Waals surface area contributed by atoms with Crippen molar-refractivity contribution in [3.05, 3.63) is 65.2 Å². The molecule has 102 valence electrons. The second kappa shape index (κ2) is 6.02. The van der Waals surface area contributed by atoms with Gasteiger partial charge in [0.1, 0.15) is 5.75 Å². The van der Waals surface area contributed by atoms with E-state index in [4.69, 9.17) is 9.47 Å². The molecule has 0 atom stereocenters. The molecular weight excluding hydrogens is 256 g/mol. The lowest BCUT2D eigenvalue weighted by molar-refractivity contribution is 0.0397. The molecule has 2 aromatic carbocycles. The quantitative estimate of drug-likeness (QED) is 0.635. The molecule has 0 unspecified atom stereocenters. The lowest BCUT2D eigenvalue weighted by Gasteiger charge is -2.09. The van der Waals surface area contributed by atoms with Crippen molar-refractivity contribution >= 4 is 11.9 Å². The van der Waals surface area contributed by atoms with Crippen molar-refractivity contribution in [1.29, 1.82) is 0 Å². The Balaban J connectivity index is 2.19. The first-order chi connectivity index (χ1) is 9.63. The number of ether oxygens (including phenoxy) is 2. The van der Waals surface area contributed by atoms with Crippen molar-refractivity contribution in [2.24, 2.45) is 0 Å². The van der Waals surface area contributed by atoms with Gasteiger partial charge in [0.25, 0.3) is 0 Å². The van der Waals surface area contributed by atoms with Gasteiger partial charge < -0.3 is 9.47 Å². The SMILES string of the molecule is COc1cccc(C(=O)OC(=O)c2ccccc2)c1C. The highest BCUT2D eigenvalue weighted by Crippen LogP contribution is 2.21. The second-order valence-corrected chi connectivity index (χ2v) is 4.18. The van der Waals surface area contributed by atoms with Crippen molar-refractivity contribution in [3.63, 3.8) is 0 Å². The van der Waals surface area contributed by atoms with Gasteiger partial charge in [0, 0.05) is 5.56 Å². The van der Waals surface area contributed by atoms with Crippen molar-refractivity contribution in [3.8, 4) is 5.75 Å². The van der Waals surface area contributed by atoms with E-state index in [0.717, 1.165) is 0 Å². The highest BCUT2D eigenvalue weighted by Gasteiger charge is 2.18. The third-order valence-electron chi connectivity index (χ3n) is 2.92. The van der Waals surface area contributed by atoms with Crippen LogP contribution in [0, 0.1) is 6.92 Å². The summed E-state index contributed by atoms with van der Waals surface area (Å²) in [7, 11) is 1.52. The minimum absolute atomic E-state index is 0.314. The van der Waals surface area contributed by atoms with Crippen LogP contribution in [0.2, 0.25) is 0 Å². The second-order valence-electron chi connectivity index (χ2n) is 4.18. The van der Waals surface area contributed by atoms with E-state index >= 15 is 0 Å². The Kier molecular flexibility index (Phi) is 4.15. The van der Waals surface area contributed by atoms with Crippen LogP contribution in [0.15, 0.2) is 48.5 Å². The summed E-state index contributed by atoms with van der Waals surface area (Å²) in [6, 6.07) is 13.4. The van der Waals surface area contributed by atoms with E-state index < -0.39 is 11.9 Å². The van der Waals surface area contributed by atoms with Crippen LogP contribution in [-0.2, 0) is 4.74 Å². The van der Waals surface area contributed by atoms with Gasteiger partial charge in [-0.15, -0.1) is 0 Å². The van der Waals surface area contributed by atoms with Gasteiger partial charge in [-0.1, -0.05) is 24.3 Å². The molecule has 0 aromatic heterocycles. The third-order valence-corrected chi connectivity index (χ3v) is 2.92. The smallest absolute Gasteiger partial charge is 0.346 e. The zero-order valence-electron chi connectivity index (χ0n) is 11.3. The molecule has 0 saturated heterocycles. The van der Waals surface area contributed by atoms with E-state index in [9.17, 15) is 9.59 Å². The van der Waals surface area contributed by atoms with E-state index in [2.05, 4.69) is 0 Å². The van der Waals surface area contributed by atoms with Crippen LogP contribution in [0.4, 0.5) is 0 Å². The Morgan fingerprint density at radius 3 is 2.25 bits per heavy atom. The maximum atomic E-state index is 12.0. The first-order valence-electron chi connectivity index (χ1n) is 6.08. The predicted octanol–water partition coefficient (Wildman–Crippen LogP) is 3.00. The molecule has 0 fully saturated rings. The molecule has 0 spiro atoms. The molecule has 0 aliphatic rings. The van der Waals surface area contributed by atoms with Gasteiger partial charge in [-0.2, -0.15) is 0 Å². The summed E-state index contributed by atoms with van der Waals surface area (Å²) in [5, 5.41) is 0. The lowest BCUT2D eigenvalue weighted by atomic mass is 10.1. The molecule has 4 nitrogen and oxygen atoms in total. The van der Waals surface area contributed by atoms with Crippen molar-refractivity contribution in [2.45, 2.75) is 6.92 Å². The molecule has 0 N–H and O–H groups in total. The van der Waals surface area contributed by atoms with Gasteiger partial charge >= 0.3 is 11.9 Å². The fourth-order valence-electron chi connectivity index (χ4n) is 1.83. The molecule has 0 amide bonds. The summed E-state index contributed by atoms with van der Waals surface area (Å²) >= 11 is 0. The van der Waals surface area contributed by atoms with Crippen LogP contribution >= 0.6 is 0 Å². The summed E-state index contributed by atoms with van der Waals surface area (Å²) in [5.41, 5.74) is 1.29. The number of hydrogen-bond acceptors (Lipinski definition) is 4. The highest BCUT2D eigenvalue weighted by molar-refractivity contribution is 6.03. The summed E-state index contributed by atoms with van der Waals surface area (Å²) in [6.45, 7) is 1.74. The number of carbonyl (C=O) groups is 2. The predicted molar refractivity (Wildman–Crippen MR) is 73.9 cm³/mol. The number of carbonyl (C=O) groups excluding carboxylic acids is 2. The molecule has 0 saturated carbocycles. The van der Waals surface area contributed by atoms with Crippen LogP contribution in [0.3, 0.4) is 0 Å². The van der Waals surface area contributed by atoms with Crippen LogP contribution < -0.4 is 4.74 Å². The summed E-state index contributed by atoms with van der Waals surface area (Å²) in [6.07, 6.45) is 0. The fourth-order valence-corrected chi connectivity index (χ4v) is 1.83. The Hall–Kier alpha value is -2.62. The summed E-state index contributed by atoms with van der Waals surface area (Å²) in [5.74, 6) is -0.778. The van der Waals surface area contributed by atoms with E-state index in [1.54, 1.807) is 55.5 Å². The zero-order valence-corrected chi connectivity index (χ0v) is 11.3. The average molecular weight is 270 g/mol. The Morgan fingerprint density at radius 2 is 1.60 bits per heavy atom. The summed E-state index contributed by atoms with van der Waals surface area (Å²) < 4.78 is 10.0. The topological polar surface area (TPSA) is 52.6 Å². The van der Waals surface area contributed by atoms with Crippen LogP contribution in [-0.4, -0.2) is 19.0 Å². The molecule has 2 rings (SSSR count). The molecule has 20 heavy (non-hydrogen) atoms. The van der Waals surface area contributed by atoms with Crippen LogP contribution in [0.25, 0.3) is 0 Å². The maximum Gasteiger partial charge on any atom is 0.346 e. The number of benzene rings is 2. The Morgan fingerprint density at radius 1 is 0.900 bits per heavy atom. The van der Waals surface area contributed by atoms with E-state index in [1.165, 1.54) is 7.11 Å². The number of methoxy groups -OCH3 is 1. The number of rotatable bonds is 3. The van der Waals surface area contributed by atoms with E-state index in [0.29, 0.717) is 22.4 Å². The fraction of sp³-hybridized carbons (Fsp3) is 0.125. The van der Waals surface area contributed by atoms with Crippen molar-refractivity contribution in [1.82, 2.24) is 0 Å². The normalized spacial score (nSPS) is 9.90.